The Morgan fingerprint density at radius 3 is 2.25 bits per heavy atom. The summed E-state index contributed by atoms with van der Waals surface area (Å²) in [6, 6.07) is 0.577. The van der Waals surface area contributed by atoms with Gasteiger partial charge >= 0.3 is 0 Å². The fourth-order valence-corrected chi connectivity index (χ4v) is 3.55. The van der Waals surface area contributed by atoms with E-state index in [2.05, 4.69) is 32.8 Å². The number of likely N-dealkylation sites (N-methyl/N-ethyl adjacent to an activating group) is 1. The standard InChI is InChI=1S/C15H30N3O2/c1-12(2)16-7-9-17(10-8-16)15(20)14-6-5-13(19)11-18(14,3)4/h12-14,19H,5-11H2,1-4H3/q+1/t13-,14-/m0/s1. The second kappa shape index (κ2) is 6.00. The molecule has 0 aromatic carbocycles. The van der Waals surface area contributed by atoms with Gasteiger partial charge in [0.2, 0.25) is 0 Å². The molecule has 0 bridgehead atoms. The quantitative estimate of drug-likeness (QED) is 0.734. The first-order valence-electron chi connectivity index (χ1n) is 7.85. The Hall–Kier alpha value is -0.650. The Morgan fingerprint density at radius 2 is 1.75 bits per heavy atom. The lowest BCUT2D eigenvalue weighted by atomic mass is 9.96. The van der Waals surface area contributed by atoms with Crippen LogP contribution in [0.3, 0.4) is 0 Å². The van der Waals surface area contributed by atoms with Crippen LogP contribution >= 0.6 is 0 Å². The number of carbonyl (C=O) groups excluding carboxylic acids is 1. The van der Waals surface area contributed by atoms with Crippen molar-refractivity contribution in [2.75, 3.05) is 46.8 Å². The van der Waals surface area contributed by atoms with Gasteiger partial charge in [0.1, 0.15) is 12.6 Å². The third kappa shape index (κ3) is 3.32. The van der Waals surface area contributed by atoms with E-state index in [0.717, 1.165) is 39.0 Å². The minimum Gasteiger partial charge on any atom is -0.387 e. The Kier molecular flexibility index (Phi) is 4.72. The van der Waals surface area contributed by atoms with E-state index >= 15 is 0 Å². The molecular weight excluding hydrogens is 254 g/mol. The van der Waals surface area contributed by atoms with Gasteiger partial charge in [0, 0.05) is 38.6 Å². The molecule has 5 heteroatoms. The maximum Gasteiger partial charge on any atom is 0.281 e. The van der Waals surface area contributed by atoms with Crippen molar-refractivity contribution in [3.63, 3.8) is 0 Å². The third-order valence-corrected chi connectivity index (χ3v) is 4.94. The molecule has 0 aromatic heterocycles. The molecule has 2 aliphatic heterocycles. The summed E-state index contributed by atoms with van der Waals surface area (Å²) >= 11 is 0. The molecule has 0 radical (unpaired) electrons. The molecule has 5 nitrogen and oxygen atoms in total. The minimum atomic E-state index is -0.258. The fraction of sp³-hybridized carbons (Fsp3) is 0.933. The van der Waals surface area contributed by atoms with Crippen LogP contribution in [0.15, 0.2) is 0 Å². The molecule has 2 rings (SSSR count). The van der Waals surface area contributed by atoms with Crippen LogP contribution < -0.4 is 0 Å². The molecule has 0 saturated carbocycles. The van der Waals surface area contributed by atoms with Crippen molar-refractivity contribution in [3.05, 3.63) is 0 Å². The molecule has 1 amide bonds. The molecular formula is C15H30N3O2+. The lowest BCUT2D eigenvalue weighted by Gasteiger charge is -2.45. The van der Waals surface area contributed by atoms with Gasteiger partial charge in [-0.05, 0) is 20.3 Å². The number of likely N-dealkylation sites (tertiary alicyclic amines) is 1. The van der Waals surface area contributed by atoms with E-state index in [1.807, 2.05) is 4.90 Å². The molecule has 1 N–H and O–H groups in total. The van der Waals surface area contributed by atoms with E-state index in [-0.39, 0.29) is 18.1 Å². The SMILES string of the molecule is CC(C)N1CCN(C(=O)[C@@H]2CC[C@H](O)C[N+]2(C)C)CC1. The number of carbonyl (C=O) groups is 1. The van der Waals surface area contributed by atoms with Crippen LogP contribution in [0.25, 0.3) is 0 Å². The number of piperidine rings is 1. The van der Waals surface area contributed by atoms with E-state index in [0.29, 0.717) is 17.1 Å². The Labute approximate surface area is 122 Å². The molecule has 0 aromatic rings. The molecule has 0 unspecified atom stereocenters. The molecule has 0 spiro atoms. The molecule has 2 aliphatic rings. The highest BCUT2D eigenvalue weighted by Crippen LogP contribution is 2.24. The summed E-state index contributed by atoms with van der Waals surface area (Å²) in [5, 5.41) is 9.80. The average molecular weight is 284 g/mol. The monoisotopic (exact) mass is 284 g/mol. The zero-order valence-corrected chi connectivity index (χ0v) is 13.4. The van der Waals surface area contributed by atoms with Crippen LogP contribution in [0.1, 0.15) is 26.7 Å². The predicted molar refractivity (Wildman–Crippen MR) is 79.3 cm³/mol. The Bertz CT molecular complexity index is 349. The van der Waals surface area contributed by atoms with Crippen molar-refractivity contribution >= 4 is 5.91 Å². The van der Waals surface area contributed by atoms with Crippen LogP contribution in [0.4, 0.5) is 0 Å². The second-order valence-corrected chi connectivity index (χ2v) is 7.16. The first kappa shape index (κ1) is 15.7. The van der Waals surface area contributed by atoms with Gasteiger partial charge in [-0.25, -0.2) is 0 Å². The zero-order chi connectivity index (χ0) is 14.9. The van der Waals surface area contributed by atoms with E-state index in [4.69, 9.17) is 0 Å². The summed E-state index contributed by atoms with van der Waals surface area (Å²) in [5.41, 5.74) is 0. The number of rotatable bonds is 2. The molecule has 2 fully saturated rings. The van der Waals surface area contributed by atoms with Gasteiger partial charge in [-0.1, -0.05) is 0 Å². The van der Waals surface area contributed by atoms with Gasteiger partial charge in [0.05, 0.1) is 14.1 Å². The fourth-order valence-electron chi connectivity index (χ4n) is 3.55. The maximum atomic E-state index is 12.8. The van der Waals surface area contributed by atoms with Crippen molar-refractivity contribution in [3.8, 4) is 0 Å². The van der Waals surface area contributed by atoms with Gasteiger partial charge in [0.25, 0.3) is 5.91 Å². The number of hydrogen-bond donors (Lipinski definition) is 1. The number of quaternary nitrogens is 1. The molecule has 2 heterocycles. The van der Waals surface area contributed by atoms with E-state index in [1.165, 1.54) is 0 Å². The number of aliphatic hydroxyl groups is 1. The first-order chi connectivity index (χ1) is 9.31. The highest BCUT2D eigenvalue weighted by atomic mass is 16.3. The van der Waals surface area contributed by atoms with Gasteiger partial charge in [-0.2, -0.15) is 0 Å². The Balaban J connectivity index is 1.95. The number of piperazine rings is 1. The molecule has 2 saturated heterocycles. The van der Waals surface area contributed by atoms with Gasteiger partial charge in [0.15, 0.2) is 6.04 Å². The van der Waals surface area contributed by atoms with E-state index in [9.17, 15) is 9.90 Å². The number of nitrogens with zero attached hydrogens (tertiary/aromatic N) is 3. The lowest BCUT2D eigenvalue weighted by Crippen LogP contribution is -2.63. The van der Waals surface area contributed by atoms with Crippen LogP contribution in [-0.4, -0.2) is 90.3 Å². The van der Waals surface area contributed by atoms with Crippen molar-refractivity contribution in [1.82, 2.24) is 9.80 Å². The Morgan fingerprint density at radius 1 is 1.15 bits per heavy atom. The summed E-state index contributed by atoms with van der Waals surface area (Å²) < 4.78 is 0.615. The predicted octanol–water partition coefficient (Wildman–Crippen LogP) is 0.139. The van der Waals surface area contributed by atoms with E-state index in [1.54, 1.807) is 0 Å². The van der Waals surface area contributed by atoms with Crippen molar-refractivity contribution in [2.45, 2.75) is 44.9 Å². The van der Waals surface area contributed by atoms with Crippen LogP contribution in [0, 0.1) is 0 Å². The van der Waals surface area contributed by atoms with Crippen LogP contribution in [-0.2, 0) is 4.79 Å². The minimum absolute atomic E-state index is 0.0176. The largest absolute Gasteiger partial charge is 0.387 e. The van der Waals surface area contributed by atoms with Gasteiger partial charge in [-0.3, -0.25) is 9.69 Å². The van der Waals surface area contributed by atoms with E-state index < -0.39 is 0 Å². The topological polar surface area (TPSA) is 43.8 Å². The molecule has 20 heavy (non-hydrogen) atoms. The van der Waals surface area contributed by atoms with Crippen LogP contribution in [0.2, 0.25) is 0 Å². The summed E-state index contributed by atoms with van der Waals surface area (Å²) in [5.74, 6) is 0.283. The normalized spacial score (nSPS) is 31.6. The lowest BCUT2D eigenvalue weighted by molar-refractivity contribution is -0.914. The summed E-state index contributed by atoms with van der Waals surface area (Å²) in [6.45, 7) is 8.74. The van der Waals surface area contributed by atoms with Crippen molar-refractivity contribution in [1.29, 1.82) is 0 Å². The van der Waals surface area contributed by atoms with Gasteiger partial charge in [-0.15, -0.1) is 0 Å². The second-order valence-electron chi connectivity index (χ2n) is 7.16. The van der Waals surface area contributed by atoms with Crippen molar-refractivity contribution in [2.24, 2.45) is 0 Å². The average Bonchev–Trinajstić information content (AvgIpc) is 2.37. The maximum absolute atomic E-state index is 12.8. The first-order valence-corrected chi connectivity index (χ1v) is 7.85. The number of hydrogen-bond acceptors (Lipinski definition) is 3. The number of aliphatic hydroxyl groups excluding tert-OH is 1. The smallest absolute Gasteiger partial charge is 0.281 e. The van der Waals surface area contributed by atoms with Gasteiger partial charge < -0.3 is 14.5 Å². The third-order valence-electron chi connectivity index (χ3n) is 4.94. The molecule has 2 atom stereocenters. The van der Waals surface area contributed by atoms with Crippen LogP contribution in [0.5, 0.6) is 0 Å². The van der Waals surface area contributed by atoms with Crippen molar-refractivity contribution < 1.29 is 14.4 Å². The number of amides is 1. The summed E-state index contributed by atoms with van der Waals surface area (Å²) in [7, 11) is 4.13. The summed E-state index contributed by atoms with van der Waals surface area (Å²) in [6.07, 6.45) is 1.30. The summed E-state index contributed by atoms with van der Waals surface area (Å²) in [4.78, 5) is 17.2. The highest BCUT2D eigenvalue weighted by molar-refractivity contribution is 5.81. The molecule has 116 valence electrons. The zero-order valence-electron chi connectivity index (χ0n) is 13.4. The molecule has 0 aliphatic carbocycles. The highest BCUT2D eigenvalue weighted by Gasteiger charge is 2.42.